The van der Waals surface area contributed by atoms with Crippen LogP contribution in [0.25, 0.3) is 0 Å². The average molecular weight is 207 g/mol. The standard InChI is InChI=1S/C11H13NO3/c13-12-9-1-3-10(4-2-9)15-11-5-7-14-8-6-11/h1-4,11H,5-8H2. The summed E-state index contributed by atoms with van der Waals surface area (Å²) in [4.78, 5) is 10.2. The molecule has 1 fully saturated rings. The molecule has 0 N–H and O–H groups in total. The van der Waals surface area contributed by atoms with E-state index in [2.05, 4.69) is 5.18 Å². The minimum atomic E-state index is 0.230. The predicted molar refractivity (Wildman–Crippen MR) is 56.4 cm³/mol. The molecule has 0 spiro atoms. The SMILES string of the molecule is O=Nc1ccc(OC2CCOCC2)cc1. The molecule has 80 valence electrons. The third-order valence-corrected chi connectivity index (χ3v) is 2.41. The van der Waals surface area contributed by atoms with Crippen molar-refractivity contribution in [2.45, 2.75) is 18.9 Å². The van der Waals surface area contributed by atoms with E-state index in [-0.39, 0.29) is 6.10 Å². The summed E-state index contributed by atoms with van der Waals surface area (Å²) in [6, 6.07) is 6.85. The van der Waals surface area contributed by atoms with Crippen LogP contribution in [-0.4, -0.2) is 19.3 Å². The zero-order valence-corrected chi connectivity index (χ0v) is 8.39. The molecule has 1 heterocycles. The maximum absolute atomic E-state index is 10.2. The summed E-state index contributed by atoms with van der Waals surface area (Å²) in [6.45, 7) is 1.53. The first-order valence-corrected chi connectivity index (χ1v) is 5.06. The summed E-state index contributed by atoms with van der Waals surface area (Å²) in [5, 5.41) is 2.83. The monoisotopic (exact) mass is 207 g/mol. The highest BCUT2D eigenvalue weighted by atomic mass is 16.5. The molecule has 4 nitrogen and oxygen atoms in total. The Bertz CT molecular complexity index is 317. The lowest BCUT2D eigenvalue weighted by Gasteiger charge is -2.23. The van der Waals surface area contributed by atoms with Gasteiger partial charge >= 0.3 is 0 Å². The van der Waals surface area contributed by atoms with Crippen LogP contribution >= 0.6 is 0 Å². The first-order valence-electron chi connectivity index (χ1n) is 5.06. The summed E-state index contributed by atoms with van der Waals surface area (Å²) >= 11 is 0. The summed E-state index contributed by atoms with van der Waals surface area (Å²) in [7, 11) is 0. The van der Waals surface area contributed by atoms with Gasteiger partial charge in [0, 0.05) is 12.8 Å². The van der Waals surface area contributed by atoms with Gasteiger partial charge in [-0.3, -0.25) is 0 Å². The van der Waals surface area contributed by atoms with Crippen molar-refractivity contribution < 1.29 is 9.47 Å². The minimum Gasteiger partial charge on any atom is -0.490 e. The molecule has 1 aliphatic heterocycles. The van der Waals surface area contributed by atoms with Crippen molar-refractivity contribution in [1.82, 2.24) is 0 Å². The van der Waals surface area contributed by atoms with Crippen molar-refractivity contribution >= 4 is 5.69 Å². The second kappa shape index (κ2) is 4.89. The lowest BCUT2D eigenvalue weighted by Crippen LogP contribution is -2.25. The Morgan fingerprint density at radius 1 is 1.20 bits per heavy atom. The van der Waals surface area contributed by atoms with E-state index in [0.717, 1.165) is 31.8 Å². The Balaban J connectivity index is 1.94. The second-order valence-electron chi connectivity index (χ2n) is 3.51. The van der Waals surface area contributed by atoms with Crippen LogP contribution in [0.3, 0.4) is 0 Å². The first-order chi connectivity index (χ1) is 7.38. The highest BCUT2D eigenvalue weighted by molar-refractivity contribution is 5.40. The Morgan fingerprint density at radius 2 is 1.87 bits per heavy atom. The molecule has 0 saturated carbocycles. The topological polar surface area (TPSA) is 47.9 Å². The number of nitroso groups, excluding NO2 is 1. The molecule has 0 bridgehead atoms. The number of benzene rings is 1. The van der Waals surface area contributed by atoms with E-state index in [1.807, 2.05) is 0 Å². The molecule has 0 aliphatic carbocycles. The smallest absolute Gasteiger partial charge is 0.119 e. The summed E-state index contributed by atoms with van der Waals surface area (Å²) in [5.41, 5.74) is 0.425. The predicted octanol–water partition coefficient (Wildman–Crippen LogP) is 2.64. The van der Waals surface area contributed by atoms with Gasteiger partial charge in [0.15, 0.2) is 0 Å². The van der Waals surface area contributed by atoms with Gasteiger partial charge in [-0.05, 0) is 29.4 Å². The van der Waals surface area contributed by atoms with Crippen LogP contribution in [0.15, 0.2) is 29.4 Å². The number of hydrogen-bond acceptors (Lipinski definition) is 4. The number of nitrogens with zero attached hydrogens (tertiary/aromatic N) is 1. The van der Waals surface area contributed by atoms with Crippen molar-refractivity contribution in [3.05, 3.63) is 29.2 Å². The fourth-order valence-corrected chi connectivity index (χ4v) is 1.57. The molecule has 0 unspecified atom stereocenters. The molecule has 0 amide bonds. The largest absolute Gasteiger partial charge is 0.490 e. The maximum Gasteiger partial charge on any atom is 0.119 e. The van der Waals surface area contributed by atoms with Gasteiger partial charge in [-0.25, -0.2) is 0 Å². The highest BCUT2D eigenvalue weighted by Crippen LogP contribution is 2.21. The Kier molecular flexibility index (Phi) is 3.29. The molecule has 15 heavy (non-hydrogen) atoms. The van der Waals surface area contributed by atoms with Gasteiger partial charge in [-0.2, -0.15) is 0 Å². The van der Waals surface area contributed by atoms with Crippen LogP contribution in [0.4, 0.5) is 5.69 Å². The molecule has 0 radical (unpaired) electrons. The average Bonchev–Trinajstić information content (AvgIpc) is 2.31. The van der Waals surface area contributed by atoms with Crippen molar-refractivity contribution in [2.24, 2.45) is 5.18 Å². The summed E-state index contributed by atoms with van der Waals surface area (Å²) in [6.07, 6.45) is 2.08. The molecule has 1 saturated heterocycles. The van der Waals surface area contributed by atoms with Crippen LogP contribution in [0.2, 0.25) is 0 Å². The molecular formula is C11H13NO3. The normalized spacial score (nSPS) is 17.3. The number of ether oxygens (including phenoxy) is 2. The molecule has 1 aliphatic rings. The van der Waals surface area contributed by atoms with E-state index >= 15 is 0 Å². The number of hydrogen-bond donors (Lipinski definition) is 0. The molecule has 1 aromatic carbocycles. The maximum atomic E-state index is 10.2. The number of rotatable bonds is 3. The fourth-order valence-electron chi connectivity index (χ4n) is 1.57. The molecule has 0 aromatic heterocycles. The molecule has 1 aromatic rings. The quantitative estimate of drug-likeness (QED) is 0.716. The summed E-state index contributed by atoms with van der Waals surface area (Å²) < 4.78 is 11.0. The van der Waals surface area contributed by atoms with Crippen LogP contribution in [0.5, 0.6) is 5.75 Å². The van der Waals surface area contributed by atoms with Gasteiger partial charge in [0.1, 0.15) is 17.5 Å². The van der Waals surface area contributed by atoms with E-state index < -0.39 is 0 Å². The zero-order valence-electron chi connectivity index (χ0n) is 8.39. The van der Waals surface area contributed by atoms with Gasteiger partial charge < -0.3 is 9.47 Å². The van der Waals surface area contributed by atoms with Gasteiger partial charge in [0.2, 0.25) is 0 Å². The molecular weight excluding hydrogens is 194 g/mol. The lowest BCUT2D eigenvalue weighted by molar-refractivity contribution is 0.0256. The van der Waals surface area contributed by atoms with E-state index in [1.165, 1.54) is 0 Å². The lowest BCUT2D eigenvalue weighted by atomic mass is 10.1. The highest BCUT2D eigenvalue weighted by Gasteiger charge is 2.14. The van der Waals surface area contributed by atoms with Gasteiger partial charge in [0.05, 0.1) is 13.2 Å². The van der Waals surface area contributed by atoms with Crippen molar-refractivity contribution in [3.63, 3.8) is 0 Å². The molecule has 0 atom stereocenters. The Labute approximate surface area is 88.2 Å². The van der Waals surface area contributed by atoms with E-state index in [0.29, 0.717) is 5.69 Å². The second-order valence-corrected chi connectivity index (χ2v) is 3.51. The first kappa shape index (κ1) is 10.1. The molecule has 4 heteroatoms. The van der Waals surface area contributed by atoms with Crippen molar-refractivity contribution in [1.29, 1.82) is 0 Å². The van der Waals surface area contributed by atoms with Crippen molar-refractivity contribution in [2.75, 3.05) is 13.2 Å². The van der Waals surface area contributed by atoms with Gasteiger partial charge in [-0.1, -0.05) is 0 Å². The van der Waals surface area contributed by atoms with Crippen LogP contribution in [0, 0.1) is 4.91 Å². The van der Waals surface area contributed by atoms with Crippen LogP contribution in [0.1, 0.15) is 12.8 Å². The van der Waals surface area contributed by atoms with Gasteiger partial charge in [-0.15, -0.1) is 4.91 Å². The van der Waals surface area contributed by atoms with Crippen molar-refractivity contribution in [3.8, 4) is 5.75 Å². The van der Waals surface area contributed by atoms with E-state index in [9.17, 15) is 4.91 Å². The van der Waals surface area contributed by atoms with E-state index in [4.69, 9.17) is 9.47 Å². The third kappa shape index (κ3) is 2.76. The van der Waals surface area contributed by atoms with E-state index in [1.54, 1.807) is 24.3 Å². The summed E-state index contributed by atoms with van der Waals surface area (Å²) in [5.74, 6) is 0.786. The fraction of sp³-hybridized carbons (Fsp3) is 0.455. The zero-order chi connectivity index (χ0) is 10.5. The Morgan fingerprint density at radius 3 is 2.47 bits per heavy atom. The van der Waals surface area contributed by atoms with Gasteiger partial charge in [0.25, 0.3) is 0 Å². The molecule has 2 rings (SSSR count). The van der Waals surface area contributed by atoms with Crippen LogP contribution in [-0.2, 0) is 4.74 Å². The third-order valence-electron chi connectivity index (χ3n) is 2.41. The van der Waals surface area contributed by atoms with Crippen LogP contribution < -0.4 is 4.74 Å². The minimum absolute atomic E-state index is 0.230. The Hall–Kier alpha value is -1.42.